The summed E-state index contributed by atoms with van der Waals surface area (Å²) >= 11 is 0. The first-order valence-electron chi connectivity index (χ1n) is 5.78. The molecule has 1 fully saturated rings. The molecular weight excluding hydrogens is 184 g/mol. The summed E-state index contributed by atoms with van der Waals surface area (Å²) in [5, 5.41) is 3.70. The zero-order valence-corrected chi connectivity index (χ0v) is 9.46. The van der Waals surface area contributed by atoms with Gasteiger partial charge in [0.25, 0.3) is 0 Å². The van der Waals surface area contributed by atoms with E-state index < -0.39 is 0 Å². The predicted molar refractivity (Wildman–Crippen MR) is 62.7 cm³/mol. The van der Waals surface area contributed by atoms with Crippen molar-refractivity contribution in [3.63, 3.8) is 0 Å². The quantitative estimate of drug-likeness (QED) is 0.640. The van der Waals surface area contributed by atoms with Gasteiger partial charge >= 0.3 is 0 Å². The molecule has 0 bridgehead atoms. The third-order valence-electron chi connectivity index (χ3n) is 3.68. The van der Waals surface area contributed by atoms with Gasteiger partial charge in [-0.1, -0.05) is 23.8 Å². The summed E-state index contributed by atoms with van der Waals surface area (Å²) in [6.07, 6.45) is 8.14. The van der Waals surface area contributed by atoms with Crippen molar-refractivity contribution in [3.05, 3.63) is 34.9 Å². The fourth-order valence-electron chi connectivity index (χ4n) is 2.87. The summed E-state index contributed by atoms with van der Waals surface area (Å²) in [4.78, 5) is 2.42. The maximum absolute atomic E-state index is 3.70. The Labute approximate surface area is 91.3 Å². The Morgan fingerprint density at radius 1 is 1.47 bits per heavy atom. The number of rotatable bonds is 0. The van der Waals surface area contributed by atoms with E-state index in [1.165, 1.54) is 24.1 Å². The average molecular weight is 202 g/mol. The van der Waals surface area contributed by atoms with Crippen molar-refractivity contribution < 1.29 is 0 Å². The Hall–Kier alpha value is -0.860. The van der Waals surface area contributed by atoms with Crippen LogP contribution in [-0.2, 0) is 0 Å². The van der Waals surface area contributed by atoms with E-state index in [0.717, 1.165) is 6.54 Å². The SMILES string of the molecule is CC1=CC2=C3CN(C)CCC3NC2C=C1. The number of nitrogens with zero attached hydrogens (tertiary/aromatic N) is 1. The Kier molecular flexibility index (Phi) is 2.08. The van der Waals surface area contributed by atoms with Gasteiger partial charge in [-0.2, -0.15) is 0 Å². The fraction of sp³-hybridized carbons (Fsp3) is 0.538. The van der Waals surface area contributed by atoms with Crippen LogP contribution in [0.1, 0.15) is 13.3 Å². The van der Waals surface area contributed by atoms with E-state index in [1.807, 2.05) is 0 Å². The molecule has 0 aromatic rings. The van der Waals surface area contributed by atoms with Crippen LogP contribution >= 0.6 is 0 Å². The van der Waals surface area contributed by atoms with Gasteiger partial charge in [0, 0.05) is 12.6 Å². The topological polar surface area (TPSA) is 15.3 Å². The first kappa shape index (κ1) is 9.37. The molecule has 2 unspecified atom stereocenters. The lowest BCUT2D eigenvalue weighted by Gasteiger charge is -2.29. The molecule has 2 heterocycles. The van der Waals surface area contributed by atoms with Crippen LogP contribution in [0.3, 0.4) is 0 Å². The summed E-state index contributed by atoms with van der Waals surface area (Å²) < 4.78 is 0. The summed E-state index contributed by atoms with van der Waals surface area (Å²) in [5.74, 6) is 0. The molecule has 1 aliphatic carbocycles. The Balaban J connectivity index is 1.99. The summed E-state index contributed by atoms with van der Waals surface area (Å²) in [6, 6.07) is 1.12. The Morgan fingerprint density at radius 3 is 3.20 bits per heavy atom. The van der Waals surface area contributed by atoms with Gasteiger partial charge in [-0.3, -0.25) is 0 Å². The maximum atomic E-state index is 3.70. The molecule has 1 saturated heterocycles. The van der Waals surface area contributed by atoms with E-state index in [1.54, 1.807) is 5.57 Å². The third-order valence-corrected chi connectivity index (χ3v) is 3.68. The predicted octanol–water partition coefficient (Wildman–Crippen LogP) is 1.48. The zero-order chi connectivity index (χ0) is 10.4. The zero-order valence-electron chi connectivity index (χ0n) is 9.46. The molecule has 1 N–H and O–H groups in total. The lowest BCUT2D eigenvalue weighted by molar-refractivity contribution is 0.297. The van der Waals surface area contributed by atoms with Crippen molar-refractivity contribution in [2.75, 3.05) is 20.1 Å². The molecule has 0 spiro atoms. The van der Waals surface area contributed by atoms with Crippen LogP contribution in [0.5, 0.6) is 0 Å². The highest BCUT2D eigenvalue weighted by atomic mass is 15.1. The summed E-state index contributed by atoms with van der Waals surface area (Å²) in [7, 11) is 2.21. The number of likely N-dealkylation sites (tertiary alicyclic amines) is 1. The molecular formula is C13H18N2. The molecule has 2 heteroatoms. The van der Waals surface area contributed by atoms with E-state index in [4.69, 9.17) is 0 Å². The molecule has 3 aliphatic rings. The van der Waals surface area contributed by atoms with E-state index in [0.29, 0.717) is 12.1 Å². The van der Waals surface area contributed by atoms with Crippen molar-refractivity contribution in [3.8, 4) is 0 Å². The second kappa shape index (κ2) is 3.32. The van der Waals surface area contributed by atoms with E-state index in [9.17, 15) is 0 Å². The minimum atomic E-state index is 0.486. The van der Waals surface area contributed by atoms with Gasteiger partial charge in [-0.25, -0.2) is 0 Å². The van der Waals surface area contributed by atoms with E-state index in [2.05, 4.69) is 42.4 Å². The van der Waals surface area contributed by atoms with Gasteiger partial charge in [0.2, 0.25) is 0 Å². The van der Waals surface area contributed by atoms with Crippen molar-refractivity contribution in [2.45, 2.75) is 25.4 Å². The van der Waals surface area contributed by atoms with Crippen LogP contribution in [-0.4, -0.2) is 37.1 Å². The largest absolute Gasteiger partial charge is 0.302 e. The van der Waals surface area contributed by atoms with Crippen molar-refractivity contribution in [1.82, 2.24) is 10.2 Å². The Morgan fingerprint density at radius 2 is 2.33 bits per heavy atom. The van der Waals surface area contributed by atoms with E-state index >= 15 is 0 Å². The molecule has 15 heavy (non-hydrogen) atoms. The standard InChI is InChI=1S/C13H18N2/c1-9-3-4-12-10(7-9)11-8-15(2)6-5-13(11)14-12/h3-4,7,12-14H,5-6,8H2,1-2H3. The highest BCUT2D eigenvalue weighted by molar-refractivity contribution is 5.49. The smallest absolute Gasteiger partial charge is 0.0514 e. The lowest BCUT2D eigenvalue weighted by Crippen LogP contribution is -2.40. The van der Waals surface area contributed by atoms with Crippen molar-refractivity contribution in [1.29, 1.82) is 0 Å². The number of allylic oxidation sites excluding steroid dienone is 2. The lowest BCUT2D eigenvalue weighted by atomic mass is 9.93. The highest BCUT2D eigenvalue weighted by Crippen LogP contribution is 2.31. The van der Waals surface area contributed by atoms with Crippen LogP contribution in [0.15, 0.2) is 34.9 Å². The van der Waals surface area contributed by atoms with Gasteiger partial charge < -0.3 is 10.2 Å². The average Bonchev–Trinajstić information content (AvgIpc) is 2.56. The van der Waals surface area contributed by atoms with Gasteiger partial charge in [0.1, 0.15) is 0 Å². The number of hydrogen-bond donors (Lipinski definition) is 1. The van der Waals surface area contributed by atoms with Crippen molar-refractivity contribution >= 4 is 0 Å². The molecule has 2 aliphatic heterocycles. The van der Waals surface area contributed by atoms with Gasteiger partial charge in [0.15, 0.2) is 0 Å². The number of likely N-dealkylation sites (N-methyl/N-ethyl adjacent to an activating group) is 1. The molecule has 0 radical (unpaired) electrons. The molecule has 2 atom stereocenters. The number of hydrogen-bond acceptors (Lipinski definition) is 2. The van der Waals surface area contributed by atoms with E-state index in [-0.39, 0.29) is 0 Å². The fourth-order valence-corrected chi connectivity index (χ4v) is 2.87. The number of piperidine rings is 1. The highest BCUT2D eigenvalue weighted by Gasteiger charge is 2.34. The molecule has 0 aromatic heterocycles. The summed E-state index contributed by atoms with van der Waals surface area (Å²) in [5.41, 5.74) is 4.54. The number of fused-ring (bicyclic) bond motifs is 2. The Bertz CT molecular complexity index is 376. The molecule has 80 valence electrons. The van der Waals surface area contributed by atoms with Crippen LogP contribution in [0, 0.1) is 0 Å². The second-order valence-corrected chi connectivity index (χ2v) is 4.95. The first-order chi connectivity index (χ1) is 7.24. The molecule has 0 saturated carbocycles. The van der Waals surface area contributed by atoms with Crippen LogP contribution < -0.4 is 5.32 Å². The normalized spacial score (nSPS) is 35.2. The summed E-state index contributed by atoms with van der Waals surface area (Å²) in [6.45, 7) is 4.54. The maximum Gasteiger partial charge on any atom is 0.0514 e. The van der Waals surface area contributed by atoms with Crippen LogP contribution in [0.4, 0.5) is 0 Å². The van der Waals surface area contributed by atoms with Gasteiger partial charge in [-0.05, 0) is 38.1 Å². The van der Waals surface area contributed by atoms with Gasteiger partial charge in [-0.15, -0.1) is 0 Å². The molecule has 3 rings (SSSR count). The van der Waals surface area contributed by atoms with Gasteiger partial charge in [0.05, 0.1) is 6.04 Å². The third kappa shape index (κ3) is 1.48. The first-order valence-corrected chi connectivity index (χ1v) is 5.78. The molecule has 0 amide bonds. The van der Waals surface area contributed by atoms with Crippen molar-refractivity contribution in [2.24, 2.45) is 0 Å². The van der Waals surface area contributed by atoms with Crippen LogP contribution in [0.2, 0.25) is 0 Å². The minimum absolute atomic E-state index is 0.486. The monoisotopic (exact) mass is 202 g/mol. The second-order valence-electron chi connectivity index (χ2n) is 4.95. The van der Waals surface area contributed by atoms with Crippen LogP contribution in [0.25, 0.3) is 0 Å². The minimum Gasteiger partial charge on any atom is -0.302 e. The number of nitrogens with one attached hydrogen (secondary N) is 1. The molecule has 0 aromatic carbocycles. The molecule has 2 nitrogen and oxygen atoms in total.